The molecule has 3 amide bonds. The smallest absolute Gasteiger partial charge is 0.282 e. The van der Waals surface area contributed by atoms with E-state index in [0.717, 1.165) is 10.5 Å². The predicted molar refractivity (Wildman–Crippen MR) is 98.4 cm³/mol. The number of imide groups is 1. The molecular weight excluding hydrogens is 352 g/mol. The highest BCUT2D eigenvalue weighted by Gasteiger charge is 2.43. The lowest BCUT2D eigenvalue weighted by Crippen LogP contribution is -2.34. The molecule has 0 aliphatic carbocycles. The van der Waals surface area contributed by atoms with Crippen molar-refractivity contribution in [3.63, 3.8) is 0 Å². The molecule has 0 spiro atoms. The highest BCUT2D eigenvalue weighted by Crippen LogP contribution is 2.27. The molecule has 1 aliphatic rings. The van der Waals surface area contributed by atoms with Crippen molar-refractivity contribution in [2.75, 3.05) is 4.90 Å². The number of aromatic nitrogens is 2. The monoisotopic (exact) mass is 368 g/mol. The van der Waals surface area contributed by atoms with Crippen LogP contribution in [-0.2, 0) is 11.3 Å². The van der Waals surface area contributed by atoms with Crippen molar-refractivity contribution in [1.82, 2.24) is 14.3 Å². The van der Waals surface area contributed by atoms with Crippen LogP contribution in [0, 0.1) is 6.92 Å². The summed E-state index contributed by atoms with van der Waals surface area (Å²) in [5.41, 5.74) is 1.92. The van der Waals surface area contributed by atoms with Crippen molar-refractivity contribution >= 4 is 33.9 Å². The van der Waals surface area contributed by atoms with Crippen LogP contribution in [0.4, 0.5) is 10.5 Å². The van der Waals surface area contributed by atoms with E-state index in [4.69, 9.17) is 0 Å². The normalized spacial score (nSPS) is 17.5. The summed E-state index contributed by atoms with van der Waals surface area (Å²) in [5, 5.41) is 1.76. The topological polar surface area (TPSA) is 75.0 Å². The number of amides is 3. The van der Waals surface area contributed by atoms with Gasteiger partial charge >= 0.3 is 6.03 Å². The van der Waals surface area contributed by atoms with Gasteiger partial charge in [0.1, 0.15) is 6.04 Å². The number of carbonyl (C=O) groups excluding carboxylic acids is 2. The maximum Gasteiger partial charge on any atom is 0.332 e. The number of benzene rings is 1. The first-order chi connectivity index (χ1) is 12.5. The molecule has 1 aromatic carbocycles. The zero-order valence-electron chi connectivity index (χ0n) is 14.2. The summed E-state index contributed by atoms with van der Waals surface area (Å²) in [6.45, 7) is 3.64. The molecule has 1 saturated heterocycles. The zero-order valence-corrected chi connectivity index (χ0v) is 15.1. The van der Waals surface area contributed by atoms with Gasteiger partial charge in [-0.15, -0.1) is 11.3 Å². The fourth-order valence-electron chi connectivity index (χ4n) is 3.04. The molecule has 1 fully saturated rings. The Hall–Kier alpha value is -3.00. The molecule has 0 N–H and O–H groups in total. The Morgan fingerprint density at radius 1 is 1.15 bits per heavy atom. The molecule has 1 atom stereocenters. The van der Waals surface area contributed by atoms with Gasteiger partial charge in [-0.05, 0) is 26.0 Å². The van der Waals surface area contributed by atoms with E-state index >= 15 is 0 Å². The number of nitrogens with zero attached hydrogens (tertiary/aromatic N) is 4. The van der Waals surface area contributed by atoms with E-state index < -0.39 is 12.1 Å². The summed E-state index contributed by atoms with van der Waals surface area (Å²) in [7, 11) is 0. The second-order valence-electron chi connectivity index (χ2n) is 6.23. The van der Waals surface area contributed by atoms with Crippen molar-refractivity contribution in [1.29, 1.82) is 0 Å². The Bertz CT molecular complexity index is 1070. The Kier molecular flexibility index (Phi) is 3.84. The van der Waals surface area contributed by atoms with Crippen molar-refractivity contribution in [2.24, 2.45) is 0 Å². The molecule has 26 heavy (non-hydrogen) atoms. The molecule has 4 rings (SSSR count). The van der Waals surface area contributed by atoms with Crippen LogP contribution in [-0.4, -0.2) is 32.3 Å². The van der Waals surface area contributed by atoms with Crippen LogP contribution in [0.25, 0.3) is 4.96 Å². The maximum absolute atomic E-state index is 12.8. The van der Waals surface area contributed by atoms with Crippen LogP contribution in [0.1, 0.15) is 18.2 Å². The molecule has 1 unspecified atom stereocenters. The van der Waals surface area contributed by atoms with E-state index in [2.05, 4.69) is 4.98 Å². The summed E-state index contributed by atoms with van der Waals surface area (Å²) in [6, 6.07) is 7.80. The highest BCUT2D eigenvalue weighted by molar-refractivity contribution is 7.15. The fourth-order valence-corrected chi connectivity index (χ4v) is 3.78. The summed E-state index contributed by atoms with van der Waals surface area (Å²) in [5.74, 6) is -0.302. The van der Waals surface area contributed by atoms with Crippen LogP contribution in [0.3, 0.4) is 0 Å². The van der Waals surface area contributed by atoms with E-state index in [-0.39, 0.29) is 18.0 Å². The van der Waals surface area contributed by atoms with Gasteiger partial charge in [-0.2, -0.15) is 0 Å². The van der Waals surface area contributed by atoms with Gasteiger partial charge < -0.3 is 0 Å². The molecule has 8 heteroatoms. The SMILES string of the molecule is Cc1ccc(N2C(=O)N(Cc3cc(=O)n4ccsc4n3)C(=O)C2C)cc1. The number of carbonyl (C=O) groups is 2. The second-order valence-corrected chi connectivity index (χ2v) is 7.10. The Balaban J connectivity index is 1.66. The molecule has 2 aromatic heterocycles. The second kappa shape index (κ2) is 6.06. The molecule has 3 aromatic rings. The molecular formula is C18H16N4O3S. The molecule has 0 radical (unpaired) electrons. The van der Waals surface area contributed by atoms with Gasteiger partial charge in [0.25, 0.3) is 11.5 Å². The van der Waals surface area contributed by atoms with E-state index in [1.807, 2.05) is 31.2 Å². The van der Waals surface area contributed by atoms with E-state index in [1.165, 1.54) is 26.7 Å². The van der Waals surface area contributed by atoms with Crippen molar-refractivity contribution in [3.05, 3.63) is 63.5 Å². The van der Waals surface area contributed by atoms with Crippen LogP contribution < -0.4 is 10.5 Å². The van der Waals surface area contributed by atoms with Gasteiger partial charge in [0, 0.05) is 23.3 Å². The third-order valence-electron chi connectivity index (χ3n) is 4.44. The number of fused-ring (bicyclic) bond motifs is 1. The third-order valence-corrected chi connectivity index (χ3v) is 5.19. The lowest BCUT2D eigenvalue weighted by molar-refractivity contribution is -0.127. The van der Waals surface area contributed by atoms with Crippen LogP contribution in [0.2, 0.25) is 0 Å². The first-order valence-corrected chi connectivity index (χ1v) is 9.00. The number of thiazole rings is 1. The lowest BCUT2D eigenvalue weighted by Gasteiger charge is -2.19. The van der Waals surface area contributed by atoms with Crippen molar-refractivity contribution in [2.45, 2.75) is 26.4 Å². The van der Waals surface area contributed by atoms with E-state index in [1.54, 1.807) is 18.5 Å². The van der Waals surface area contributed by atoms with Crippen LogP contribution >= 0.6 is 11.3 Å². The Morgan fingerprint density at radius 2 is 1.88 bits per heavy atom. The number of hydrogen-bond donors (Lipinski definition) is 0. The van der Waals surface area contributed by atoms with Gasteiger partial charge in [-0.25, -0.2) is 9.78 Å². The minimum Gasteiger partial charge on any atom is -0.282 e. The van der Waals surface area contributed by atoms with E-state index in [9.17, 15) is 14.4 Å². The molecule has 0 saturated carbocycles. The molecule has 3 heterocycles. The summed E-state index contributed by atoms with van der Waals surface area (Å²) in [4.78, 5) is 45.1. The van der Waals surface area contributed by atoms with Gasteiger partial charge in [0.2, 0.25) is 0 Å². The van der Waals surface area contributed by atoms with E-state index in [0.29, 0.717) is 16.3 Å². The average Bonchev–Trinajstić information content (AvgIpc) is 3.16. The van der Waals surface area contributed by atoms with Gasteiger partial charge in [0.15, 0.2) is 4.96 Å². The van der Waals surface area contributed by atoms with Crippen LogP contribution in [0.5, 0.6) is 0 Å². The number of anilines is 1. The molecule has 0 bridgehead atoms. The number of aryl methyl sites for hydroxylation is 1. The molecule has 7 nitrogen and oxygen atoms in total. The van der Waals surface area contributed by atoms with Crippen LogP contribution in [0.15, 0.2) is 46.7 Å². The number of rotatable bonds is 3. The first kappa shape index (κ1) is 16.5. The highest BCUT2D eigenvalue weighted by atomic mass is 32.1. The maximum atomic E-state index is 12.8. The Labute approximate surface area is 153 Å². The fraction of sp³-hybridized carbons (Fsp3) is 0.222. The van der Waals surface area contributed by atoms with Crippen molar-refractivity contribution < 1.29 is 9.59 Å². The first-order valence-electron chi connectivity index (χ1n) is 8.13. The number of hydrogen-bond acceptors (Lipinski definition) is 5. The number of urea groups is 1. The predicted octanol–water partition coefficient (Wildman–Crippen LogP) is 2.42. The average molecular weight is 368 g/mol. The van der Waals surface area contributed by atoms with Gasteiger partial charge in [-0.1, -0.05) is 17.7 Å². The summed E-state index contributed by atoms with van der Waals surface area (Å²) >= 11 is 1.33. The third kappa shape index (κ3) is 2.59. The van der Waals surface area contributed by atoms with Crippen molar-refractivity contribution in [3.8, 4) is 0 Å². The standard InChI is InChI=1S/C18H16N4O3S/c1-11-3-5-14(6-4-11)22-12(2)16(24)21(18(22)25)10-13-9-15(23)20-7-8-26-17(20)19-13/h3-9,12H,10H2,1-2H3. The molecule has 1 aliphatic heterocycles. The van der Waals surface area contributed by atoms with Gasteiger partial charge in [-0.3, -0.25) is 23.8 Å². The van der Waals surface area contributed by atoms with Gasteiger partial charge in [0.05, 0.1) is 12.2 Å². The minimum absolute atomic E-state index is 0.0198. The Morgan fingerprint density at radius 3 is 2.62 bits per heavy atom. The molecule has 132 valence electrons. The zero-order chi connectivity index (χ0) is 18.4. The lowest BCUT2D eigenvalue weighted by atomic mass is 10.2. The summed E-state index contributed by atoms with van der Waals surface area (Å²) in [6.07, 6.45) is 1.65. The minimum atomic E-state index is -0.600. The summed E-state index contributed by atoms with van der Waals surface area (Å²) < 4.78 is 1.43. The quantitative estimate of drug-likeness (QED) is 0.666. The largest absolute Gasteiger partial charge is 0.332 e.